The molecule has 1 aliphatic heterocycles. The van der Waals surface area contributed by atoms with Gasteiger partial charge in [-0.1, -0.05) is 24.3 Å². The number of benzene rings is 2. The van der Waals surface area contributed by atoms with Gasteiger partial charge in [-0.2, -0.15) is 10.1 Å². The van der Waals surface area contributed by atoms with Crippen molar-refractivity contribution in [3.05, 3.63) is 90.1 Å². The highest BCUT2D eigenvalue weighted by atomic mass is 16.5. The van der Waals surface area contributed by atoms with Crippen LogP contribution in [0.25, 0.3) is 5.69 Å². The Bertz CT molecular complexity index is 1210. The summed E-state index contributed by atoms with van der Waals surface area (Å²) in [6.45, 7) is 6.37. The maximum Gasteiger partial charge on any atom is 0.298 e. The smallest absolute Gasteiger partial charge is 0.298 e. The molecule has 0 N–H and O–H groups in total. The van der Waals surface area contributed by atoms with Gasteiger partial charge >= 0.3 is 0 Å². The van der Waals surface area contributed by atoms with Crippen LogP contribution in [0.1, 0.15) is 16.8 Å². The van der Waals surface area contributed by atoms with E-state index in [0.29, 0.717) is 19.1 Å². The Labute approximate surface area is 206 Å². The lowest BCUT2D eigenvalue weighted by Gasteiger charge is -2.31. The summed E-state index contributed by atoms with van der Waals surface area (Å²) in [6, 6.07) is 19.1. The van der Waals surface area contributed by atoms with Crippen LogP contribution in [0.2, 0.25) is 0 Å². The molecular weight excluding hydrogens is 440 g/mol. The lowest BCUT2D eigenvalue weighted by Crippen LogP contribution is -2.43. The van der Waals surface area contributed by atoms with Crippen molar-refractivity contribution in [1.29, 1.82) is 0 Å². The van der Waals surface area contributed by atoms with Crippen molar-refractivity contribution in [3.8, 4) is 11.4 Å². The second kappa shape index (κ2) is 10.8. The summed E-state index contributed by atoms with van der Waals surface area (Å²) in [5.41, 5.74) is 4.27. The van der Waals surface area contributed by atoms with E-state index in [0.717, 1.165) is 61.0 Å². The molecule has 0 saturated carbocycles. The Morgan fingerprint density at radius 2 is 1.74 bits per heavy atom. The van der Waals surface area contributed by atoms with Gasteiger partial charge in [0.2, 0.25) is 0 Å². The van der Waals surface area contributed by atoms with Crippen molar-refractivity contribution >= 4 is 6.01 Å². The van der Waals surface area contributed by atoms with E-state index in [4.69, 9.17) is 14.1 Å². The zero-order valence-corrected chi connectivity index (χ0v) is 20.4. The molecule has 0 amide bonds. The molecule has 5 rings (SSSR count). The molecule has 35 heavy (non-hydrogen) atoms. The molecule has 3 heterocycles. The minimum Gasteiger partial charge on any atom is -0.497 e. The van der Waals surface area contributed by atoms with Crippen LogP contribution >= 0.6 is 0 Å². The van der Waals surface area contributed by atoms with Crippen LogP contribution < -0.4 is 9.64 Å². The Balaban J connectivity index is 1.37. The fourth-order valence-corrected chi connectivity index (χ4v) is 4.37. The van der Waals surface area contributed by atoms with Crippen LogP contribution in [0.4, 0.5) is 6.01 Å². The third-order valence-corrected chi connectivity index (χ3v) is 6.35. The lowest BCUT2D eigenvalue weighted by atomic mass is 10.1. The van der Waals surface area contributed by atoms with Crippen LogP contribution in [0.5, 0.6) is 5.75 Å². The van der Waals surface area contributed by atoms with Gasteiger partial charge in [0, 0.05) is 58.2 Å². The number of ether oxygens (including phenoxy) is 1. The highest BCUT2D eigenvalue weighted by molar-refractivity contribution is 5.39. The summed E-state index contributed by atoms with van der Waals surface area (Å²) in [5.74, 6) is 0.839. The number of hydrogen-bond donors (Lipinski definition) is 0. The molecule has 0 spiro atoms. The quantitative estimate of drug-likeness (QED) is 0.367. The minimum atomic E-state index is 0.626. The molecule has 1 aliphatic rings. The Kier molecular flexibility index (Phi) is 7.11. The SMILES string of the molecule is COc1cccc(CN(Cc2cccc(-n3cccn3)c2)c2nc(CN3CCN(C)CC3)co2)c1. The van der Waals surface area contributed by atoms with Gasteiger partial charge in [-0.3, -0.25) is 4.90 Å². The molecule has 182 valence electrons. The molecule has 8 nitrogen and oxygen atoms in total. The van der Waals surface area contributed by atoms with Gasteiger partial charge in [0.1, 0.15) is 12.0 Å². The monoisotopic (exact) mass is 472 g/mol. The Morgan fingerprint density at radius 3 is 2.49 bits per heavy atom. The minimum absolute atomic E-state index is 0.626. The largest absolute Gasteiger partial charge is 0.497 e. The average molecular weight is 473 g/mol. The Hall–Kier alpha value is -3.62. The maximum atomic E-state index is 6.02. The molecular formula is C27H32N6O2. The van der Waals surface area contributed by atoms with E-state index in [2.05, 4.69) is 63.2 Å². The molecule has 1 fully saturated rings. The molecule has 0 atom stereocenters. The normalized spacial score (nSPS) is 14.8. The molecule has 0 bridgehead atoms. The van der Waals surface area contributed by atoms with E-state index >= 15 is 0 Å². The molecule has 0 unspecified atom stereocenters. The number of rotatable bonds is 9. The van der Waals surface area contributed by atoms with Gasteiger partial charge < -0.3 is 19.0 Å². The molecule has 4 aromatic rings. The van der Waals surface area contributed by atoms with Gasteiger partial charge in [-0.05, 0) is 48.5 Å². The number of likely N-dealkylation sites (N-methyl/N-ethyl adjacent to an activating group) is 1. The van der Waals surface area contributed by atoms with Crippen molar-refractivity contribution in [2.75, 3.05) is 45.2 Å². The first kappa shape index (κ1) is 23.1. The standard InChI is InChI=1S/C27H32N6O2/c1-30-12-14-31(15-13-30)20-24-21-35-27(29-24)32(19-23-7-4-9-26(17-23)34-2)18-22-6-3-8-25(16-22)33-11-5-10-28-33/h3-11,16-17,21H,12-15,18-20H2,1-2H3. The van der Waals surface area contributed by atoms with E-state index in [1.54, 1.807) is 19.6 Å². The van der Waals surface area contributed by atoms with Crippen molar-refractivity contribution in [2.24, 2.45) is 0 Å². The van der Waals surface area contributed by atoms with E-state index in [-0.39, 0.29) is 0 Å². The molecule has 8 heteroatoms. The number of oxazole rings is 1. The van der Waals surface area contributed by atoms with Gasteiger partial charge in [0.05, 0.1) is 18.5 Å². The van der Waals surface area contributed by atoms with Gasteiger partial charge in [0.25, 0.3) is 6.01 Å². The van der Waals surface area contributed by atoms with Crippen LogP contribution in [0.3, 0.4) is 0 Å². The number of methoxy groups -OCH3 is 1. The summed E-state index contributed by atoms with van der Waals surface area (Å²) in [5, 5.41) is 4.37. The van der Waals surface area contributed by atoms with E-state index in [1.165, 1.54) is 0 Å². The van der Waals surface area contributed by atoms with Gasteiger partial charge in [-0.15, -0.1) is 0 Å². The fraction of sp³-hybridized carbons (Fsp3) is 0.333. The highest BCUT2D eigenvalue weighted by Gasteiger charge is 2.19. The number of aromatic nitrogens is 3. The van der Waals surface area contributed by atoms with Crippen LogP contribution in [-0.2, 0) is 19.6 Å². The first-order chi connectivity index (χ1) is 17.2. The van der Waals surface area contributed by atoms with E-state index in [9.17, 15) is 0 Å². The van der Waals surface area contributed by atoms with Crippen molar-refractivity contribution in [1.82, 2.24) is 24.6 Å². The van der Waals surface area contributed by atoms with E-state index in [1.807, 2.05) is 29.1 Å². The van der Waals surface area contributed by atoms with Crippen LogP contribution in [-0.4, -0.2) is 64.9 Å². The van der Waals surface area contributed by atoms with Crippen LogP contribution in [0.15, 0.2) is 77.7 Å². The average Bonchev–Trinajstić information content (AvgIpc) is 3.58. The number of hydrogen-bond acceptors (Lipinski definition) is 7. The van der Waals surface area contributed by atoms with Crippen molar-refractivity contribution in [3.63, 3.8) is 0 Å². The second-order valence-electron chi connectivity index (χ2n) is 9.03. The summed E-state index contributed by atoms with van der Waals surface area (Å²) in [7, 11) is 3.86. The number of anilines is 1. The second-order valence-corrected chi connectivity index (χ2v) is 9.03. The first-order valence-electron chi connectivity index (χ1n) is 12.0. The summed E-state index contributed by atoms with van der Waals surface area (Å²) in [6.07, 6.45) is 5.54. The summed E-state index contributed by atoms with van der Waals surface area (Å²) < 4.78 is 13.3. The maximum absolute atomic E-state index is 6.02. The molecule has 2 aromatic heterocycles. The predicted molar refractivity (Wildman–Crippen MR) is 136 cm³/mol. The van der Waals surface area contributed by atoms with E-state index < -0.39 is 0 Å². The third-order valence-electron chi connectivity index (χ3n) is 6.35. The lowest BCUT2D eigenvalue weighted by molar-refractivity contribution is 0.147. The fourth-order valence-electron chi connectivity index (χ4n) is 4.37. The molecule has 0 radical (unpaired) electrons. The molecule has 0 aliphatic carbocycles. The molecule has 1 saturated heterocycles. The Morgan fingerprint density at radius 1 is 0.971 bits per heavy atom. The zero-order valence-electron chi connectivity index (χ0n) is 20.4. The summed E-state index contributed by atoms with van der Waals surface area (Å²) >= 11 is 0. The molecule has 2 aromatic carbocycles. The number of piperazine rings is 1. The first-order valence-corrected chi connectivity index (χ1v) is 12.0. The third kappa shape index (κ3) is 5.90. The highest BCUT2D eigenvalue weighted by Crippen LogP contribution is 2.23. The topological polar surface area (TPSA) is 62.8 Å². The van der Waals surface area contributed by atoms with Crippen molar-refractivity contribution < 1.29 is 9.15 Å². The number of nitrogens with zero attached hydrogens (tertiary/aromatic N) is 6. The van der Waals surface area contributed by atoms with Crippen LogP contribution in [0, 0.1) is 0 Å². The zero-order chi connectivity index (χ0) is 24.0. The summed E-state index contributed by atoms with van der Waals surface area (Å²) in [4.78, 5) is 11.8. The van der Waals surface area contributed by atoms with Gasteiger partial charge in [-0.25, -0.2) is 4.68 Å². The predicted octanol–water partition coefficient (Wildman–Crippen LogP) is 3.82. The van der Waals surface area contributed by atoms with Gasteiger partial charge in [0.15, 0.2) is 0 Å². The van der Waals surface area contributed by atoms with Crippen molar-refractivity contribution in [2.45, 2.75) is 19.6 Å².